The zero-order valence-corrected chi connectivity index (χ0v) is 17.2. The smallest absolute Gasteiger partial charge is 0.243 e. The molecular weight excluding hydrogens is 400 g/mol. The maximum Gasteiger partial charge on any atom is 0.243 e. The summed E-state index contributed by atoms with van der Waals surface area (Å²) in [5.74, 6) is 0.573. The lowest BCUT2D eigenvalue weighted by Gasteiger charge is -2.34. The van der Waals surface area contributed by atoms with Crippen molar-refractivity contribution in [3.05, 3.63) is 59.1 Å². The molecule has 0 aromatic heterocycles. The van der Waals surface area contributed by atoms with Gasteiger partial charge in [-0.25, -0.2) is 8.42 Å². The van der Waals surface area contributed by atoms with Gasteiger partial charge in [0.25, 0.3) is 0 Å². The minimum atomic E-state index is -3.53. The summed E-state index contributed by atoms with van der Waals surface area (Å²) >= 11 is 5.90. The Morgan fingerprint density at radius 3 is 2.39 bits per heavy atom. The van der Waals surface area contributed by atoms with E-state index in [1.807, 2.05) is 6.92 Å². The van der Waals surface area contributed by atoms with Crippen molar-refractivity contribution in [1.82, 2.24) is 9.21 Å². The molecule has 1 saturated heterocycles. The highest BCUT2D eigenvalue weighted by atomic mass is 35.5. The number of hydrogen-bond acceptors (Lipinski definition) is 4. The van der Waals surface area contributed by atoms with Crippen molar-refractivity contribution in [2.45, 2.75) is 18.2 Å². The predicted octanol–water partition coefficient (Wildman–Crippen LogP) is 2.95. The van der Waals surface area contributed by atoms with E-state index in [9.17, 15) is 13.2 Å². The maximum atomic E-state index is 12.7. The third-order valence-corrected chi connectivity index (χ3v) is 6.78. The van der Waals surface area contributed by atoms with Crippen LogP contribution in [-0.2, 0) is 14.8 Å². The minimum Gasteiger partial charge on any atom is -0.493 e. The number of hydrogen-bond donors (Lipinski definition) is 0. The van der Waals surface area contributed by atoms with Crippen LogP contribution in [0.25, 0.3) is 0 Å². The number of halogens is 1. The Labute approximate surface area is 170 Å². The molecule has 0 unspecified atom stereocenters. The zero-order valence-electron chi connectivity index (χ0n) is 15.7. The molecule has 0 spiro atoms. The summed E-state index contributed by atoms with van der Waals surface area (Å²) < 4.78 is 32.4. The first-order valence-corrected chi connectivity index (χ1v) is 10.9. The van der Waals surface area contributed by atoms with Crippen LogP contribution in [-0.4, -0.2) is 56.3 Å². The van der Waals surface area contributed by atoms with Crippen LogP contribution in [0.1, 0.15) is 12.0 Å². The van der Waals surface area contributed by atoms with Crippen molar-refractivity contribution >= 4 is 27.5 Å². The quantitative estimate of drug-likeness (QED) is 0.717. The molecule has 2 aromatic rings. The molecule has 1 aliphatic heterocycles. The molecule has 0 saturated carbocycles. The van der Waals surface area contributed by atoms with Gasteiger partial charge in [-0.15, -0.1) is 0 Å². The van der Waals surface area contributed by atoms with Gasteiger partial charge < -0.3 is 9.64 Å². The fraction of sp³-hybridized carbons (Fsp3) is 0.350. The lowest BCUT2D eigenvalue weighted by atomic mass is 10.2. The molecule has 28 heavy (non-hydrogen) atoms. The standard InChI is InChI=1S/C20H23ClN2O4S/c1-16-5-7-19(8-6-16)28(25,26)23-12-10-22(11-13-23)20(24)9-14-27-18-4-2-3-17(21)15-18/h2-8,15H,9-14H2,1H3. The van der Waals surface area contributed by atoms with Crippen LogP contribution in [0.5, 0.6) is 5.75 Å². The first kappa shape index (κ1) is 20.6. The second-order valence-electron chi connectivity index (χ2n) is 6.65. The van der Waals surface area contributed by atoms with E-state index in [-0.39, 0.29) is 36.9 Å². The van der Waals surface area contributed by atoms with Gasteiger partial charge in [0.1, 0.15) is 5.75 Å². The van der Waals surface area contributed by atoms with E-state index in [2.05, 4.69) is 0 Å². The summed E-state index contributed by atoms with van der Waals surface area (Å²) in [7, 11) is -3.53. The van der Waals surface area contributed by atoms with E-state index in [4.69, 9.17) is 16.3 Å². The summed E-state index contributed by atoms with van der Waals surface area (Å²) in [4.78, 5) is 14.3. The summed E-state index contributed by atoms with van der Waals surface area (Å²) in [5.41, 5.74) is 1.01. The van der Waals surface area contributed by atoms with Crippen molar-refractivity contribution in [3.8, 4) is 5.75 Å². The van der Waals surface area contributed by atoms with Gasteiger partial charge in [0.15, 0.2) is 0 Å². The van der Waals surface area contributed by atoms with Crippen LogP contribution in [0, 0.1) is 6.92 Å². The van der Waals surface area contributed by atoms with E-state index < -0.39 is 10.0 Å². The number of nitrogens with zero attached hydrogens (tertiary/aromatic N) is 2. The maximum absolute atomic E-state index is 12.7. The average molecular weight is 423 g/mol. The number of benzene rings is 2. The highest BCUT2D eigenvalue weighted by Crippen LogP contribution is 2.19. The number of amides is 1. The Morgan fingerprint density at radius 1 is 1.07 bits per heavy atom. The number of aryl methyl sites for hydroxylation is 1. The SMILES string of the molecule is Cc1ccc(S(=O)(=O)N2CCN(C(=O)CCOc3cccc(Cl)c3)CC2)cc1. The number of carbonyl (C=O) groups is 1. The molecule has 1 fully saturated rings. The third kappa shape index (κ3) is 5.04. The molecule has 0 N–H and O–H groups in total. The van der Waals surface area contributed by atoms with E-state index in [0.29, 0.717) is 23.9 Å². The van der Waals surface area contributed by atoms with Gasteiger partial charge in [-0.1, -0.05) is 35.4 Å². The molecule has 1 aliphatic rings. The molecule has 1 amide bonds. The van der Waals surface area contributed by atoms with Crippen LogP contribution >= 0.6 is 11.6 Å². The number of carbonyl (C=O) groups excluding carboxylic acids is 1. The van der Waals surface area contributed by atoms with Gasteiger partial charge in [0.05, 0.1) is 17.9 Å². The Morgan fingerprint density at radius 2 is 1.75 bits per heavy atom. The van der Waals surface area contributed by atoms with Gasteiger partial charge >= 0.3 is 0 Å². The Hall–Kier alpha value is -2.09. The van der Waals surface area contributed by atoms with Gasteiger partial charge in [0, 0.05) is 31.2 Å². The number of sulfonamides is 1. The molecule has 0 aliphatic carbocycles. The monoisotopic (exact) mass is 422 g/mol. The zero-order chi connectivity index (χ0) is 20.1. The first-order valence-electron chi connectivity index (χ1n) is 9.09. The predicted molar refractivity (Wildman–Crippen MR) is 108 cm³/mol. The van der Waals surface area contributed by atoms with Crippen LogP contribution in [0.15, 0.2) is 53.4 Å². The first-order chi connectivity index (χ1) is 13.4. The summed E-state index contributed by atoms with van der Waals surface area (Å²) in [6.45, 7) is 3.49. The summed E-state index contributed by atoms with van der Waals surface area (Å²) in [6.07, 6.45) is 0.233. The van der Waals surface area contributed by atoms with Crippen molar-refractivity contribution in [2.24, 2.45) is 0 Å². The van der Waals surface area contributed by atoms with Crippen LogP contribution in [0.2, 0.25) is 5.02 Å². The molecule has 150 valence electrons. The van der Waals surface area contributed by atoms with Crippen molar-refractivity contribution in [2.75, 3.05) is 32.8 Å². The normalized spacial score (nSPS) is 15.4. The molecular formula is C20H23ClN2O4S. The lowest BCUT2D eigenvalue weighted by Crippen LogP contribution is -2.50. The van der Waals surface area contributed by atoms with E-state index in [1.54, 1.807) is 53.4 Å². The fourth-order valence-corrected chi connectivity index (χ4v) is 4.61. The van der Waals surface area contributed by atoms with E-state index in [1.165, 1.54) is 4.31 Å². The van der Waals surface area contributed by atoms with E-state index >= 15 is 0 Å². The largest absolute Gasteiger partial charge is 0.493 e. The van der Waals surface area contributed by atoms with Crippen LogP contribution in [0.4, 0.5) is 0 Å². The lowest BCUT2D eigenvalue weighted by molar-refractivity contribution is -0.132. The molecule has 6 nitrogen and oxygen atoms in total. The van der Waals surface area contributed by atoms with Crippen LogP contribution < -0.4 is 4.74 Å². The molecule has 2 aromatic carbocycles. The highest BCUT2D eigenvalue weighted by molar-refractivity contribution is 7.89. The van der Waals surface area contributed by atoms with E-state index in [0.717, 1.165) is 5.56 Å². The summed E-state index contributed by atoms with van der Waals surface area (Å²) in [6, 6.07) is 13.8. The minimum absolute atomic E-state index is 0.0468. The molecule has 0 radical (unpaired) electrons. The van der Waals surface area contributed by atoms with Crippen molar-refractivity contribution in [1.29, 1.82) is 0 Å². The summed E-state index contributed by atoms with van der Waals surface area (Å²) in [5, 5.41) is 0.578. The number of ether oxygens (including phenoxy) is 1. The van der Waals surface area contributed by atoms with Gasteiger partial charge in [0.2, 0.25) is 15.9 Å². The van der Waals surface area contributed by atoms with Crippen molar-refractivity contribution < 1.29 is 17.9 Å². The van der Waals surface area contributed by atoms with Crippen LogP contribution in [0.3, 0.4) is 0 Å². The van der Waals surface area contributed by atoms with Crippen molar-refractivity contribution in [3.63, 3.8) is 0 Å². The third-order valence-electron chi connectivity index (χ3n) is 4.63. The number of rotatable bonds is 6. The molecule has 0 atom stereocenters. The molecule has 1 heterocycles. The average Bonchev–Trinajstić information content (AvgIpc) is 2.68. The Kier molecular flexibility index (Phi) is 6.59. The fourth-order valence-electron chi connectivity index (χ4n) is 3.01. The molecule has 3 rings (SSSR count). The Bertz CT molecular complexity index is 923. The topological polar surface area (TPSA) is 66.9 Å². The van der Waals surface area contributed by atoms with Gasteiger partial charge in [-0.05, 0) is 37.3 Å². The Balaban J connectivity index is 1.49. The highest BCUT2D eigenvalue weighted by Gasteiger charge is 2.29. The molecule has 0 bridgehead atoms. The van der Waals surface area contributed by atoms with Gasteiger partial charge in [-0.3, -0.25) is 4.79 Å². The second kappa shape index (κ2) is 8.94. The molecule has 8 heteroatoms. The number of piperazine rings is 1. The second-order valence-corrected chi connectivity index (χ2v) is 9.03. The van der Waals surface area contributed by atoms with Gasteiger partial charge in [-0.2, -0.15) is 4.31 Å².